The average molecular weight is 289 g/mol. The summed E-state index contributed by atoms with van der Waals surface area (Å²) in [4.78, 5) is 11.5. The molecule has 0 N–H and O–H groups in total. The lowest BCUT2D eigenvalue weighted by Crippen LogP contribution is -2.22. The smallest absolute Gasteiger partial charge is 0.360 e. The van der Waals surface area contributed by atoms with Gasteiger partial charge in [0.2, 0.25) is 0 Å². The molecule has 0 spiro atoms. The van der Waals surface area contributed by atoms with Crippen molar-refractivity contribution in [2.45, 2.75) is 39.5 Å². The summed E-state index contributed by atoms with van der Waals surface area (Å²) in [6.45, 7) is 7.06. The maximum Gasteiger partial charge on any atom is 0.360 e. The molecule has 0 aromatic carbocycles. The van der Waals surface area contributed by atoms with Crippen molar-refractivity contribution in [1.29, 1.82) is 0 Å². The summed E-state index contributed by atoms with van der Waals surface area (Å²) in [5.41, 5.74) is 0.640. The third-order valence-electron chi connectivity index (χ3n) is 2.76. The molecular weight excluding hydrogens is 270 g/mol. The first-order valence-electron chi connectivity index (χ1n) is 6.08. The van der Waals surface area contributed by atoms with E-state index >= 15 is 0 Å². The van der Waals surface area contributed by atoms with Gasteiger partial charge in [-0.25, -0.2) is 17.9 Å². The molecule has 0 unspecified atom stereocenters. The quantitative estimate of drug-likeness (QED) is 0.712. The van der Waals surface area contributed by atoms with Crippen LogP contribution in [0.15, 0.2) is 0 Å². The summed E-state index contributed by atoms with van der Waals surface area (Å²) < 4.78 is 29.7. The van der Waals surface area contributed by atoms with Crippen LogP contribution in [0.5, 0.6) is 0 Å². The van der Waals surface area contributed by atoms with E-state index in [-0.39, 0.29) is 24.6 Å². The van der Waals surface area contributed by atoms with E-state index in [1.807, 2.05) is 0 Å². The van der Waals surface area contributed by atoms with E-state index in [4.69, 9.17) is 4.74 Å². The van der Waals surface area contributed by atoms with Gasteiger partial charge in [-0.3, -0.25) is 0 Å². The van der Waals surface area contributed by atoms with Gasteiger partial charge in [-0.2, -0.15) is 0 Å². The molecule has 0 atom stereocenters. The van der Waals surface area contributed by atoms with E-state index in [1.54, 1.807) is 27.7 Å². The van der Waals surface area contributed by atoms with E-state index in [0.717, 1.165) is 0 Å². The molecule has 0 aliphatic rings. The molecule has 1 aromatic heterocycles. The summed E-state index contributed by atoms with van der Waals surface area (Å²) in [7, 11) is -3.14. The Labute approximate surface area is 112 Å². The Morgan fingerprint density at radius 2 is 2.05 bits per heavy atom. The van der Waals surface area contributed by atoms with Crippen molar-refractivity contribution in [3.63, 3.8) is 0 Å². The molecule has 7 nitrogen and oxygen atoms in total. The number of ether oxygens (including phenoxy) is 1. The summed E-state index contributed by atoms with van der Waals surface area (Å²) in [5, 5.41) is 7.08. The zero-order valence-corrected chi connectivity index (χ0v) is 12.4. The fourth-order valence-corrected chi connectivity index (χ4v) is 2.31. The molecule has 0 amide bonds. The van der Waals surface area contributed by atoms with Gasteiger partial charge >= 0.3 is 5.97 Å². The number of nitrogens with zero attached hydrogens (tertiary/aromatic N) is 3. The first-order valence-corrected chi connectivity index (χ1v) is 7.80. The Kier molecular flexibility index (Phi) is 5.04. The van der Waals surface area contributed by atoms with Crippen molar-refractivity contribution >= 4 is 15.8 Å². The van der Waals surface area contributed by atoms with E-state index in [2.05, 4.69) is 10.3 Å². The number of hydrogen-bond acceptors (Lipinski definition) is 6. The summed E-state index contributed by atoms with van der Waals surface area (Å²) in [6, 6.07) is 0. The van der Waals surface area contributed by atoms with Crippen LogP contribution in [-0.4, -0.2) is 47.0 Å². The molecular formula is C11H19N3O4S. The van der Waals surface area contributed by atoms with E-state index in [1.165, 1.54) is 4.68 Å². The third kappa shape index (κ3) is 3.76. The van der Waals surface area contributed by atoms with Crippen LogP contribution in [0.1, 0.15) is 37.0 Å². The minimum Gasteiger partial charge on any atom is -0.461 e. The zero-order valence-electron chi connectivity index (χ0n) is 11.6. The number of hydrogen-bond donors (Lipinski definition) is 0. The van der Waals surface area contributed by atoms with Crippen molar-refractivity contribution < 1.29 is 17.9 Å². The van der Waals surface area contributed by atoms with Gasteiger partial charge in [0.25, 0.3) is 0 Å². The molecule has 0 saturated carbocycles. The largest absolute Gasteiger partial charge is 0.461 e. The normalized spacial score (nSPS) is 11.8. The maximum absolute atomic E-state index is 11.7. The molecule has 0 saturated heterocycles. The van der Waals surface area contributed by atoms with Gasteiger partial charge in [0.15, 0.2) is 15.5 Å². The topological polar surface area (TPSA) is 91.2 Å². The third-order valence-corrected chi connectivity index (χ3v) is 4.95. The molecule has 0 aliphatic heterocycles. The lowest BCUT2D eigenvalue weighted by molar-refractivity contribution is 0.0518. The van der Waals surface area contributed by atoms with Gasteiger partial charge in [0, 0.05) is 0 Å². The Morgan fingerprint density at radius 3 is 2.58 bits per heavy atom. The standard InChI is InChI=1S/C11H19N3O4S/c1-5-18-11(15)10-9(4)14(13-12-10)6-7-19(16,17)8(2)3/h8H,5-7H2,1-4H3. The Morgan fingerprint density at radius 1 is 1.42 bits per heavy atom. The van der Waals surface area contributed by atoms with Gasteiger partial charge in [0.1, 0.15) is 0 Å². The van der Waals surface area contributed by atoms with Crippen LogP contribution in [-0.2, 0) is 21.1 Å². The zero-order chi connectivity index (χ0) is 14.6. The molecule has 0 radical (unpaired) electrons. The minimum atomic E-state index is -3.14. The van der Waals surface area contributed by atoms with E-state index < -0.39 is 21.1 Å². The van der Waals surface area contributed by atoms with Gasteiger partial charge in [0.05, 0.1) is 29.8 Å². The van der Waals surface area contributed by atoms with Crippen LogP contribution in [0.3, 0.4) is 0 Å². The first-order chi connectivity index (χ1) is 8.79. The van der Waals surface area contributed by atoms with Gasteiger partial charge in [-0.1, -0.05) is 5.21 Å². The second-order valence-corrected chi connectivity index (χ2v) is 7.06. The number of carbonyl (C=O) groups is 1. The number of carbonyl (C=O) groups excluding carboxylic acids is 1. The second-order valence-electron chi connectivity index (χ2n) is 4.38. The van der Waals surface area contributed by atoms with Gasteiger partial charge < -0.3 is 4.74 Å². The monoisotopic (exact) mass is 289 g/mol. The van der Waals surface area contributed by atoms with E-state index in [9.17, 15) is 13.2 Å². The first kappa shape index (κ1) is 15.6. The van der Waals surface area contributed by atoms with Gasteiger partial charge in [-0.05, 0) is 27.7 Å². The van der Waals surface area contributed by atoms with Crippen LogP contribution >= 0.6 is 0 Å². The molecule has 1 rings (SSSR count). The molecule has 1 heterocycles. The number of rotatable bonds is 6. The van der Waals surface area contributed by atoms with Crippen LogP contribution in [0.4, 0.5) is 0 Å². The highest BCUT2D eigenvalue weighted by Gasteiger charge is 2.20. The number of aryl methyl sites for hydroxylation is 1. The fraction of sp³-hybridized carbons (Fsp3) is 0.727. The number of sulfone groups is 1. The van der Waals surface area contributed by atoms with Crippen molar-refractivity contribution in [3.8, 4) is 0 Å². The highest BCUT2D eigenvalue weighted by Crippen LogP contribution is 2.07. The molecule has 8 heteroatoms. The number of aromatic nitrogens is 3. The summed E-state index contributed by atoms with van der Waals surface area (Å²) in [5.74, 6) is -0.574. The van der Waals surface area contributed by atoms with Crippen LogP contribution in [0.2, 0.25) is 0 Å². The number of esters is 1. The van der Waals surface area contributed by atoms with Crippen LogP contribution in [0.25, 0.3) is 0 Å². The predicted octanol–water partition coefficient (Wildman–Crippen LogP) is 0.586. The highest BCUT2D eigenvalue weighted by molar-refractivity contribution is 7.91. The summed E-state index contributed by atoms with van der Waals surface area (Å²) >= 11 is 0. The van der Waals surface area contributed by atoms with Crippen molar-refractivity contribution in [2.24, 2.45) is 0 Å². The molecule has 0 aliphatic carbocycles. The molecule has 0 bridgehead atoms. The molecule has 0 fully saturated rings. The van der Waals surface area contributed by atoms with Crippen molar-refractivity contribution in [1.82, 2.24) is 15.0 Å². The van der Waals surface area contributed by atoms with Crippen LogP contribution in [0, 0.1) is 6.92 Å². The second kappa shape index (κ2) is 6.14. The SMILES string of the molecule is CCOC(=O)c1nnn(CCS(=O)(=O)C(C)C)c1C. The molecule has 19 heavy (non-hydrogen) atoms. The summed E-state index contributed by atoms with van der Waals surface area (Å²) in [6.07, 6.45) is 0. The van der Waals surface area contributed by atoms with E-state index in [0.29, 0.717) is 5.69 Å². The average Bonchev–Trinajstić information content (AvgIpc) is 2.68. The predicted molar refractivity (Wildman–Crippen MR) is 69.6 cm³/mol. The van der Waals surface area contributed by atoms with Gasteiger partial charge in [-0.15, -0.1) is 5.10 Å². The Hall–Kier alpha value is -1.44. The maximum atomic E-state index is 11.7. The minimum absolute atomic E-state index is 0.0306. The lowest BCUT2D eigenvalue weighted by atomic mass is 10.3. The van der Waals surface area contributed by atoms with Crippen LogP contribution < -0.4 is 0 Å². The van der Waals surface area contributed by atoms with Crippen molar-refractivity contribution in [3.05, 3.63) is 11.4 Å². The highest BCUT2D eigenvalue weighted by atomic mass is 32.2. The Bertz CT molecular complexity index is 548. The Balaban J connectivity index is 2.80. The molecule has 1 aromatic rings. The fourth-order valence-electron chi connectivity index (χ4n) is 1.41. The van der Waals surface area contributed by atoms with Crippen molar-refractivity contribution in [2.75, 3.05) is 12.4 Å². The lowest BCUT2D eigenvalue weighted by Gasteiger charge is -2.08. The molecule has 108 valence electrons.